The van der Waals surface area contributed by atoms with Gasteiger partial charge in [-0.3, -0.25) is 4.79 Å². The van der Waals surface area contributed by atoms with Gasteiger partial charge in [-0.05, 0) is 6.07 Å². The summed E-state index contributed by atoms with van der Waals surface area (Å²) in [6, 6.07) is 3.62. The van der Waals surface area contributed by atoms with Gasteiger partial charge in [0.1, 0.15) is 11.8 Å². The van der Waals surface area contributed by atoms with E-state index in [1.807, 2.05) is 6.07 Å². The molecule has 1 aromatic heterocycles. The van der Waals surface area contributed by atoms with Crippen LogP contribution in [0.4, 0.5) is 0 Å². The first kappa shape index (κ1) is 15.2. The molecule has 1 heterocycles. The fourth-order valence-electron chi connectivity index (χ4n) is 1.72. The van der Waals surface area contributed by atoms with Gasteiger partial charge < -0.3 is 18.9 Å². The third-order valence-electron chi connectivity index (χ3n) is 2.77. The van der Waals surface area contributed by atoms with Gasteiger partial charge in [0.15, 0.2) is 0 Å². The Bertz CT molecular complexity index is 454. The average molecular weight is 265 g/mol. The molecule has 6 heteroatoms. The Balaban J connectivity index is 2.84. The molecule has 0 aliphatic rings. The highest BCUT2D eigenvalue weighted by Gasteiger charge is 2.18. The first-order valence-electron chi connectivity index (χ1n) is 5.97. The number of carbonyl (C=O) groups is 1. The summed E-state index contributed by atoms with van der Waals surface area (Å²) in [6.45, 7) is 1.91. The molecule has 0 saturated heterocycles. The van der Waals surface area contributed by atoms with Crippen LogP contribution in [0.3, 0.4) is 0 Å². The molecule has 0 radical (unpaired) electrons. The third kappa shape index (κ3) is 4.09. The first-order chi connectivity index (χ1) is 9.13. The molecule has 1 rings (SSSR count). The molecule has 0 spiro atoms. The van der Waals surface area contributed by atoms with Crippen LogP contribution in [-0.2, 0) is 16.5 Å². The van der Waals surface area contributed by atoms with Crippen LogP contribution in [0.25, 0.3) is 0 Å². The highest BCUT2D eigenvalue weighted by atomic mass is 16.5. The Morgan fingerprint density at radius 1 is 1.37 bits per heavy atom. The van der Waals surface area contributed by atoms with Crippen molar-refractivity contribution in [1.82, 2.24) is 9.47 Å². The summed E-state index contributed by atoms with van der Waals surface area (Å²) in [7, 11) is 4.93. The van der Waals surface area contributed by atoms with Crippen molar-refractivity contribution in [1.29, 1.82) is 5.26 Å². The molecule has 0 saturated carbocycles. The highest BCUT2D eigenvalue weighted by Crippen LogP contribution is 2.09. The quantitative estimate of drug-likeness (QED) is 0.725. The molecule has 6 nitrogen and oxygen atoms in total. The minimum atomic E-state index is -0.127. The lowest BCUT2D eigenvalue weighted by Gasteiger charge is -2.22. The largest absolute Gasteiger partial charge is 0.383 e. The van der Waals surface area contributed by atoms with Gasteiger partial charge in [-0.15, -0.1) is 0 Å². The number of aromatic nitrogens is 1. The van der Waals surface area contributed by atoms with E-state index in [1.54, 1.807) is 43.0 Å². The van der Waals surface area contributed by atoms with E-state index in [4.69, 9.17) is 14.7 Å². The lowest BCUT2D eigenvalue weighted by Crippen LogP contribution is -2.37. The molecule has 0 N–H and O–H groups in total. The molecule has 0 fully saturated rings. The molecular weight excluding hydrogens is 246 g/mol. The number of rotatable bonds is 7. The third-order valence-corrected chi connectivity index (χ3v) is 2.77. The Morgan fingerprint density at radius 2 is 1.95 bits per heavy atom. The van der Waals surface area contributed by atoms with Crippen molar-refractivity contribution in [2.45, 2.75) is 0 Å². The van der Waals surface area contributed by atoms with E-state index in [0.717, 1.165) is 0 Å². The predicted molar refractivity (Wildman–Crippen MR) is 69.8 cm³/mol. The van der Waals surface area contributed by atoms with E-state index in [1.165, 1.54) is 0 Å². The normalized spacial score (nSPS) is 10.2. The Kier molecular flexibility index (Phi) is 6.06. The summed E-state index contributed by atoms with van der Waals surface area (Å²) < 4.78 is 11.7. The van der Waals surface area contributed by atoms with Crippen molar-refractivity contribution in [2.75, 3.05) is 40.5 Å². The van der Waals surface area contributed by atoms with Gasteiger partial charge in [0.05, 0.1) is 18.8 Å². The number of carbonyl (C=O) groups excluding carboxylic acids is 1. The second-order valence-corrected chi connectivity index (χ2v) is 4.11. The van der Waals surface area contributed by atoms with Crippen LogP contribution >= 0.6 is 0 Å². The van der Waals surface area contributed by atoms with Crippen molar-refractivity contribution in [3.63, 3.8) is 0 Å². The van der Waals surface area contributed by atoms with Gasteiger partial charge in [0.25, 0.3) is 5.91 Å². The maximum atomic E-state index is 12.4. The van der Waals surface area contributed by atoms with Gasteiger partial charge in [-0.25, -0.2) is 0 Å². The zero-order chi connectivity index (χ0) is 14.3. The number of nitrogens with zero attached hydrogens (tertiary/aromatic N) is 3. The summed E-state index contributed by atoms with van der Waals surface area (Å²) in [5.41, 5.74) is 0.966. The Labute approximate surface area is 113 Å². The molecule has 19 heavy (non-hydrogen) atoms. The number of aryl methyl sites for hydroxylation is 1. The Morgan fingerprint density at radius 3 is 2.37 bits per heavy atom. The van der Waals surface area contributed by atoms with Gasteiger partial charge in [-0.1, -0.05) is 0 Å². The summed E-state index contributed by atoms with van der Waals surface area (Å²) >= 11 is 0. The number of methoxy groups -OCH3 is 2. The molecule has 0 atom stereocenters. The minimum Gasteiger partial charge on any atom is -0.383 e. The molecule has 0 aromatic carbocycles. The molecule has 0 bridgehead atoms. The molecular formula is C13H19N3O3. The number of hydrogen-bond donors (Lipinski definition) is 0. The summed E-state index contributed by atoms with van der Waals surface area (Å²) in [6.07, 6.45) is 1.64. The average Bonchev–Trinajstić information content (AvgIpc) is 2.79. The van der Waals surface area contributed by atoms with E-state index < -0.39 is 0 Å². The molecule has 0 unspecified atom stereocenters. The van der Waals surface area contributed by atoms with Crippen molar-refractivity contribution in [3.05, 3.63) is 23.5 Å². The van der Waals surface area contributed by atoms with Crippen molar-refractivity contribution < 1.29 is 14.3 Å². The zero-order valence-electron chi connectivity index (χ0n) is 11.5. The SMILES string of the molecule is COCCN(CCOC)C(=O)c1cc(C#N)cn1C. The fraction of sp³-hybridized carbons (Fsp3) is 0.538. The number of hydrogen-bond acceptors (Lipinski definition) is 4. The van der Waals surface area contributed by atoms with Crippen molar-refractivity contribution in [2.24, 2.45) is 7.05 Å². The highest BCUT2D eigenvalue weighted by molar-refractivity contribution is 5.93. The minimum absolute atomic E-state index is 0.127. The molecule has 104 valence electrons. The van der Waals surface area contributed by atoms with Crippen LogP contribution in [0.15, 0.2) is 12.3 Å². The van der Waals surface area contributed by atoms with Gasteiger partial charge >= 0.3 is 0 Å². The molecule has 1 amide bonds. The summed E-state index contributed by atoms with van der Waals surface area (Å²) in [5, 5.41) is 8.85. The smallest absolute Gasteiger partial charge is 0.270 e. The second kappa shape index (κ2) is 7.56. The van der Waals surface area contributed by atoms with Gasteiger partial charge in [0, 0.05) is 40.6 Å². The zero-order valence-corrected chi connectivity index (χ0v) is 11.5. The predicted octanol–water partition coefficient (Wildman–Crippen LogP) is 0.632. The maximum absolute atomic E-state index is 12.4. The second-order valence-electron chi connectivity index (χ2n) is 4.11. The molecule has 1 aromatic rings. The lowest BCUT2D eigenvalue weighted by atomic mass is 10.3. The monoisotopic (exact) mass is 265 g/mol. The van der Waals surface area contributed by atoms with Crippen LogP contribution in [0.1, 0.15) is 16.1 Å². The van der Waals surface area contributed by atoms with E-state index in [-0.39, 0.29) is 5.91 Å². The van der Waals surface area contributed by atoms with Crippen LogP contribution in [0.5, 0.6) is 0 Å². The van der Waals surface area contributed by atoms with E-state index in [9.17, 15) is 4.79 Å². The first-order valence-corrected chi connectivity index (χ1v) is 5.97. The number of amides is 1. The van der Waals surface area contributed by atoms with E-state index >= 15 is 0 Å². The van der Waals surface area contributed by atoms with Crippen LogP contribution in [-0.4, -0.2) is 55.9 Å². The van der Waals surface area contributed by atoms with Crippen LogP contribution < -0.4 is 0 Å². The molecule has 0 aliphatic heterocycles. The number of ether oxygens (including phenoxy) is 2. The van der Waals surface area contributed by atoms with E-state index in [0.29, 0.717) is 37.6 Å². The Hall–Kier alpha value is -1.84. The van der Waals surface area contributed by atoms with E-state index in [2.05, 4.69) is 0 Å². The van der Waals surface area contributed by atoms with Gasteiger partial charge in [-0.2, -0.15) is 5.26 Å². The van der Waals surface area contributed by atoms with Crippen molar-refractivity contribution in [3.8, 4) is 6.07 Å². The van der Waals surface area contributed by atoms with Crippen LogP contribution in [0, 0.1) is 11.3 Å². The molecule has 0 aliphatic carbocycles. The summed E-state index contributed by atoms with van der Waals surface area (Å²) in [5.74, 6) is -0.127. The topological polar surface area (TPSA) is 67.5 Å². The summed E-state index contributed by atoms with van der Waals surface area (Å²) in [4.78, 5) is 14.0. The standard InChI is InChI=1S/C13H19N3O3/c1-15-10-11(9-14)8-12(15)13(17)16(4-6-18-2)5-7-19-3/h8,10H,4-7H2,1-3H3. The number of nitriles is 1. The fourth-order valence-corrected chi connectivity index (χ4v) is 1.72. The van der Waals surface area contributed by atoms with Crippen molar-refractivity contribution >= 4 is 5.91 Å². The van der Waals surface area contributed by atoms with Gasteiger partial charge in [0.2, 0.25) is 0 Å². The lowest BCUT2D eigenvalue weighted by molar-refractivity contribution is 0.0618. The maximum Gasteiger partial charge on any atom is 0.270 e. The van der Waals surface area contributed by atoms with Crippen LogP contribution in [0.2, 0.25) is 0 Å².